The Bertz CT molecular complexity index is 499. The summed E-state index contributed by atoms with van der Waals surface area (Å²) in [4.78, 5) is 0. The van der Waals surface area contributed by atoms with E-state index in [1.165, 1.54) is 12.1 Å². The molecule has 1 heterocycles. The molecule has 0 amide bonds. The lowest BCUT2D eigenvalue weighted by Gasteiger charge is -2.07. The molecule has 0 radical (unpaired) electrons. The van der Waals surface area contributed by atoms with Gasteiger partial charge in [-0.1, -0.05) is 11.6 Å². The normalized spacial score (nSPS) is 10.2. The van der Waals surface area contributed by atoms with Gasteiger partial charge in [0.05, 0.1) is 0 Å². The first-order valence-corrected chi connectivity index (χ1v) is 5.05. The predicted molar refractivity (Wildman–Crippen MR) is 61.5 cm³/mol. The third kappa shape index (κ3) is 2.46. The molecule has 0 bridgehead atoms. The van der Waals surface area contributed by atoms with Gasteiger partial charge in [0.2, 0.25) is 0 Å². The maximum Gasteiger partial charge on any atom is 0.153 e. The fourth-order valence-corrected chi connectivity index (χ4v) is 1.39. The number of aryl methyl sites for hydroxylation is 1. The fraction of sp³-hybridized carbons (Fsp3) is 0.0909. The van der Waals surface area contributed by atoms with Gasteiger partial charge in [0.15, 0.2) is 11.0 Å². The Balaban J connectivity index is 2.23. The molecule has 0 unspecified atom stereocenters. The van der Waals surface area contributed by atoms with E-state index < -0.39 is 0 Å². The average molecular weight is 238 g/mol. The first-order valence-electron chi connectivity index (χ1n) is 4.67. The van der Waals surface area contributed by atoms with Gasteiger partial charge >= 0.3 is 0 Å². The van der Waals surface area contributed by atoms with Crippen molar-refractivity contribution < 1.29 is 4.39 Å². The van der Waals surface area contributed by atoms with Crippen LogP contribution in [0.1, 0.15) is 5.56 Å². The Morgan fingerprint density at radius 1 is 1.19 bits per heavy atom. The summed E-state index contributed by atoms with van der Waals surface area (Å²) in [6.45, 7) is 1.81. The highest BCUT2D eigenvalue weighted by Gasteiger charge is 2.01. The molecule has 0 saturated carbocycles. The Morgan fingerprint density at radius 3 is 2.62 bits per heavy atom. The quantitative estimate of drug-likeness (QED) is 0.871. The van der Waals surface area contributed by atoms with E-state index in [0.29, 0.717) is 11.0 Å². The van der Waals surface area contributed by atoms with Gasteiger partial charge in [-0.15, -0.1) is 10.2 Å². The number of hydrogen-bond donors (Lipinski definition) is 1. The summed E-state index contributed by atoms with van der Waals surface area (Å²) < 4.78 is 12.9. The van der Waals surface area contributed by atoms with Gasteiger partial charge in [-0.2, -0.15) is 0 Å². The SMILES string of the molecule is Cc1cc(F)ccc1Nc1ccc(Cl)nn1. The predicted octanol–water partition coefficient (Wildman–Crippen LogP) is 3.32. The number of nitrogens with zero attached hydrogens (tertiary/aromatic N) is 2. The van der Waals surface area contributed by atoms with Crippen LogP contribution in [0.2, 0.25) is 5.15 Å². The highest BCUT2D eigenvalue weighted by molar-refractivity contribution is 6.29. The van der Waals surface area contributed by atoms with E-state index in [-0.39, 0.29) is 5.82 Å². The molecule has 0 fully saturated rings. The van der Waals surface area contributed by atoms with Crippen molar-refractivity contribution in [2.24, 2.45) is 0 Å². The first-order chi connectivity index (χ1) is 7.65. The second-order valence-corrected chi connectivity index (χ2v) is 3.71. The van der Waals surface area contributed by atoms with Crippen molar-refractivity contribution in [2.45, 2.75) is 6.92 Å². The monoisotopic (exact) mass is 237 g/mol. The van der Waals surface area contributed by atoms with Gasteiger partial charge in [-0.05, 0) is 42.8 Å². The molecule has 3 nitrogen and oxygen atoms in total. The van der Waals surface area contributed by atoms with Crippen LogP contribution in [0.4, 0.5) is 15.9 Å². The molecule has 82 valence electrons. The topological polar surface area (TPSA) is 37.8 Å². The lowest BCUT2D eigenvalue weighted by molar-refractivity contribution is 0.627. The zero-order valence-electron chi connectivity index (χ0n) is 8.54. The van der Waals surface area contributed by atoms with Crippen LogP contribution in [-0.4, -0.2) is 10.2 Å². The molecule has 1 N–H and O–H groups in total. The third-order valence-corrected chi connectivity index (χ3v) is 2.28. The molecule has 2 aromatic rings. The minimum atomic E-state index is -0.259. The first kappa shape index (κ1) is 10.8. The summed E-state index contributed by atoms with van der Waals surface area (Å²) in [5, 5.41) is 10.9. The lowest BCUT2D eigenvalue weighted by Crippen LogP contribution is -1.97. The molecular formula is C11H9ClFN3. The van der Waals surface area contributed by atoms with E-state index in [0.717, 1.165) is 11.3 Å². The van der Waals surface area contributed by atoms with E-state index >= 15 is 0 Å². The van der Waals surface area contributed by atoms with Gasteiger partial charge in [-0.3, -0.25) is 0 Å². The number of rotatable bonds is 2. The van der Waals surface area contributed by atoms with Crippen molar-refractivity contribution in [1.29, 1.82) is 0 Å². The van der Waals surface area contributed by atoms with E-state index in [1.807, 2.05) is 6.92 Å². The minimum Gasteiger partial charge on any atom is -0.339 e. The molecule has 16 heavy (non-hydrogen) atoms. The van der Waals surface area contributed by atoms with Gasteiger partial charge < -0.3 is 5.32 Å². The molecule has 0 spiro atoms. The molecule has 1 aromatic carbocycles. The Hall–Kier alpha value is -1.68. The van der Waals surface area contributed by atoms with Crippen LogP contribution in [0.25, 0.3) is 0 Å². The summed E-state index contributed by atoms with van der Waals surface area (Å²) >= 11 is 5.62. The van der Waals surface area contributed by atoms with Crippen LogP contribution in [0.3, 0.4) is 0 Å². The zero-order chi connectivity index (χ0) is 11.5. The van der Waals surface area contributed by atoms with Crippen molar-refractivity contribution in [2.75, 3.05) is 5.32 Å². The third-order valence-electron chi connectivity index (χ3n) is 2.08. The summed E-state index contributed by atoms with van der Waals surface area (Å²) in [5.74, 6) is 0.310. The summed E-state index contributed by atoms with van der Waals surface area (Å²) in [6, 6.07) is 7.83. The van der Waals surface area contributed by atoms with Crippen LogP contribution in [0, 0.1) is 12.7 Å². The standard InChI is InChI=1S/C11H9ClFN3/c1-7-6-8(13)2-3-9(7)14-11-5-4-10(12)15-16-11/h2-6H,1H3,(H,14,16). The van der Waals surface area contributed by atoms with Crippen molar-refractivity contribution in [3.05, 3.63) is 46.9 Å². The second-order valence-electron chi connectivity index (χ2n) is 3.33. The smallest absolute Gasteiger partial charge is 0.153 e. The van der Waals surface area contributed by atoms with E-state index in [1.54, 1.807) is 18.2 Å². The lowest BCUT2D eigenvalue weighted by atomic mass is 10.2. The second kappa shape index (κ2) is 4.45. The largest absolute Gasteiger partial charge is 0.339 e. The maximum absolute atomic E-state index is 12.9. The van der Waals surface area contributed by atoms with E-state index in [9.17, 15) is 4.39 Å². The number of halogens is 2. The molecule has 2 rings (SSSR count). The fourth-order valence-electron chi connectivity index (χ4n) is 1.29. The van der Waals surface area contributed by atoms with Crippen LogP contribution in [0.15, 0.2) is 30.3 Å². The van der Waals surface area contributed by atoms with E-state index in [4.69, 9.17) is 11.6 Å². The van der Waals surface area contributed by atoms with Crippen LogP contribution < -0.4 is 5.32 Å². The van der Waals surface area contributed by atoms with Gasteiger partial charge in [-0.25, -0.2) is 4.39 Å². The summed E-state index contributed by atoms with van der Waals surface area (Å²) in [5.41, 5.74) is 1.59. The van der Waals surface area contributed by atoms with Crippen molar-refractivity contribution in [3.8, 4) is 0 Å². The average Bonchev–Trinajstić information content (AvgIpc) is 2.25. The zero-order valence-corrected chi connectivity index (χ0v) is 9.29. The van der Waals surface area contributed by atoms with Gasteiger partial charge in [0.25, 0.3) is 0 Å². The number of aromatic nitrogens is 2. The molecule has 5 heteroatoms. The van der Waals surface area contributed by atoms with E-state index in [2.05, 4.69) is 15.5 Å². The number of hydrogen-bond acceptors (Lipinski definition) is 3. The number of anilines is 2. The van der Waals surface area contributed by atoms with Crippen LogP contribution in [0.5, 0.6) is 0 Å². The Morgan fingerprint density at radius 2 is 2.00 bits per heavy atom. The molecule has 1 aromatic heterocycles. The highest BCUT2D eigenvalue weighted by Crippen LogP contribution is 2.19. The molecule has 0 aliphatic heterocycles. The molecule has 0 aliphatic rings. The number of benzene rings is 1. The van der Waals surface area contributed by atoms with Crippen LogP contribution >= 0.6 is 11.6 Å². The van der Waals surface area contributed by atoms with Crippen molar-refractivity contribution in [3.63, 3.8) is 0 Å². The van der Waals surface area contributed by atoms with Gasteiger partial charge in [0, 0.05) is 5.69 Å². The molecule has 0 atom stereocenters. The Kier molecular flexibility index (Phi) is 3.01. The Labute approximate surface area is 97.3 Å². The van der Waals surface area contributed by atoms with Gasteiger partial charge in [0.1, 0.15) is 5.82 Å². The van der Waals surface area contributed by atoms with Crippen molar-refractivity contribution in [1.82, 2.24) is 10.2 Å². The number of nitrogens with one attached hydrogen (secondary N) is 1. The van der Waals surface area contributed by atoms with Crippen LogP contribution in [-0.2, 0) is 0 Å². The van der Waals surface area contributed by atoms with Crippen molar-refractivity contribution >= 4 is 23.1 Å². The summed E-state index contributed by atoms with van der Waals surface area (Å²) in [6.07, 6.45) is 0. The molecule has 0 saturated heterocycles. The maximum atomic E-state index is 12.9. The molecular weight excluding hydrogens is 229 g/mol. The minimum absolute atomic E-state index is 0.259. The summed E-state index contributed by atoms with van der Waals surface area (Å²) in [7, 11) is 0. The highest BCUT2D eigenvalue weighted by atomic mass is 35.5. The molecule has 0 aliphatic carbocycles.